The molecule has 4 fully saturated rings. The van der Waals surface area contributed by atoms with Gasteiger partial charge in [-0.15, -0.1) is 5.10 Å². The van der Waals surface area contributed by atoms with Gasteiger partial charge < -0.3 is 59.0 Å². The van der Waals surface area contributed by atoms with Crippen molar-refractivity contribution in [1.29, 1.82) is 0 Å². The standard InChI is InChI=1S/C54H90FN5O13S/c1-14-44-54(10,66)47(62)35(6)59(12)28-31(2)25-52(8,65)49(33(4)45(34(5)50(64)72-44)43-26-53(9,69-13)48(63)36(7)71-43)73-51-46(61)42(23-32(3)70-51)58(11)22-21-39-29-60(57-56-39)40(27-55)24-37-17-19-41(20-18-37)74(67,68)30-38-15-16-38/h17-20,29,31-36,38,40,42-49,51,61-63,65-66H,14-16,21-28,30H2,1-13H3/t31-,32-,33+,34-,35-,36+,40+,42+,43-,44-,45?,46-,47-,48+,49-,51+,52-,53-,54-/m1/s1. The molecule has 6 rings (SSSR count). The molecule has 19 atom stereocenters. The van der Waals surface area contributed by atoms with Crippen molar-refractivity contribution in [2.45, 2.75) is 216 Å². The average Bonchev–Trinajstić information content (AvgIpc) is 4.02. The summed E-state index contributed by atoms with van der Waals surface area (Å²) in [4.78, 5) is 18.8. The quantitative estimate of drug-likeness (QED) is 0.147. The maximum Gasteiger partial charge on any atom is 0.309 e. The molecule has 1 saturated carbocycles. The van der Waals surface area contributed by atoms with Crippen molar-refractivity contribution in [3.8, 4) is 0 Å². The molecule has 3 aliphatic heterocycles. The minimum absolute atomic E-state index is 0.151. The third-order valence-electron chi connectivity index (χ3n) is 17.2. The number of rotatable bonds is 16. The molecule has 0 bridgehead atoms. The Bertz CT molecular complexity index is 2240. The van der Waals surface area contributed by atoms with Gasteiger partial charge >= 0.3 is 5.97 Å². The lowest BCUT2D eigenvalue weighted by Crippen LogP contribution is -2.62. The smallest absolute Gasteiger partial charge is 0.309 e. The molecular weight excluding hydrogens is 978 g/mol. The lowest BCUT2D eigenvalue weighted by atomic mass is 9.68. The van der Waals surface area contributed by atoms with Crippen molar-refractivity contribution >= 4 is 15.8 Å². The number of likely N-dealkylation sites (N-methyl/N-ethyl adjacent to an activating group) is 2. The van der Waals surface area contributed by atoms with Crippen LogP contribution < -0.4 is 0 Å². The minimum Gasteiger partial charge on any atom is -0.459 e. The summed E-state index contributed by atoms with van der Waals surface area (Å²) in [6, 6.07) is 4.92. The maximum atomic E-state index is 14.6. The Morgan fingerprint density at radius 2 is 1.65 bits per heavy atom. The summed E-state index contributed by atoms with van der Waals surface area (Å²) in [6.07, 6.45) is -3.51. The summed E-state index contributed by atoms with van der Waals surface area (Å²) < 4.78 is 73.8. The van der Waals surface area contributed by atoms with Crippen LogP contribution >= 0.6 is 0 Å². The number of nitrogens with zero attached hydrogens (tertiary/aromatic N) is 5. The fraction of sp³-hybridized carbons (Fsp3) is 0.833. The largest absolute Gasteiger partial charge is 0.459 e. The van der Waals surface area contributed by atoms with Crippen LogP contribution in [-0.2, 0) is 51.2 Å². The number of aliphatic hydroxyl groups is 5. The van der Waals surface area contributed by atoms with E-state index in [4.69, 9.17) is 23.7 Å². The van der Waals surface area contributed by atoms with Gasteiger partial charge in [-0.05, 0) is 130 Å². The second-order valence-corrected chi connectivity index (χ2v) is 25.6. The van der Waals surface area contributed by atoms with E-state index in [9.17, 15) is 43.1 Å². The molecule has 0 amide bonds. The summed E-state index contributed by atoms with van der Waals surface area (Å²) >= 11 is 0. The predicted octanol–water partition coefficient (Wildman–Crippen LogP) is 4.32. The van der Waals surface area contributed by atoms with Crippen LogP contribution in [0.3, 0.4) is 0 Å². The Balaban J connectivity index is 1.24. The number of carbonyl (C=O) groups excluding carboxylic acids is 1. The number of aromatic nitrogens is 3. The minimum atomic E-state index is -3.37. The molecule has 3 saturated heterocycles. The van der Waals surface area contributed by atoms with E-state index in [0.29, 0.717) is 31.6 Å². The van der Waals surface area contributed by atoms with E-state index < -0.39 is 130 Å². The third kappa shape index (κ3) is 13.9. The number of hydrogen-bond acceptors (Lipinski definition) is 17. The van der Waals surface area contributed by atoms with Crippen LogP contribution in [0.1, 0.15) is 125 Å². The molecule has 5 N–H and O–H groups in total. The second kappa shape index (κ2) is 24.5. The van der Waals surface area contributed by atoms with Gasteiger partial charge in [-0.25, -0.2) is 17.5 Å². The molecule has 4 heterocycles. The van der Waals surface area contributed by atoms with E-state index in [2.05, 4.69) is 10.3 Å². The number of sulfone groups is 1. The van der Waals surface area contributed by atoms with Gasteiger partial charge in [0.1, 0.15) is 36.7 Å². The molecule has 0 radical (unpaired) electrons. The third-order valence-corrected chi connectivity index (χ3v) is 19.1. The van der Waals surface area contributed by atoms with E-state index in [1.54, 1.807) is 72.0 Å². The van der Waals surface area contributed by atoms with Crippen LogP contribution in [0.25, 0.3) is 0 Å². The molecule has 4 aliphatic rings. The van der Waals surface area contributed by atoms with E-state index in [-0.39, 0.29) is 48.2 Å². The number of carbonyl (C=O) groups is 1. The number of benzene rings is 1. The van der Waals surface area contributed by atoms with Crippen LogP contribution in [-0.4, -0.2) is 195 Å². The summed E-state index contributed by atoms with van der Waals surface area (Å²) in [5.74, 6) is -2.90. The summed E-state index contributed by atoms with van der Waals surface area (Å²) in [5.41, 5.74) is -3.14. The maximum absolute atomic E-state index is 14.6. The van der Waals surface area contributed by atoms with Crippen LogP contribution in [0.5, 0.6) is 0 Å². The summed E-state index contributed by atoms with van der Waals surface area (Å²) in [6.45, 7) is 17.9. The highest BCUT2D eigenvalue weighted by Crippen LogP contribution is 2.45. The Labute approximate surface area is 439 Å². The van der Waals surface area contributed by atoms with Crippen LogP contribution in [0.15, 0.2) is 35.4 Å². The van der Waals surface area contributed by atoms with Crippen LogP contribution in [0.4, 0.5) is 4.39 Å². The number of alkyl halides is 1. The molecule has 0 spiro atoms. The normalized spacial score (nSPS) is 40.1. The van der Waals surface area contributed by atoms with E-state index >= 15 is 0 Å². The SMILES string of the molecule is CC[C@H]1OC(=O)[C@H](C)C([C@H]2C[C@@](C)(OC)[C@@H](O)[C@H](C)O2)[C@H](C)[C@@H](O[C@@H]2O[C@H](C)C[C@H](N(C)CCc3cn([C@H](CF)Cc4ccc(S(=O)(=O)CC5CC5)cc4)nn3)[C@H]2O)[C@](C)(O)C[C@@H](C)CN(C)[C@H](C)[C@@H](O)[C@]1(C)O. The molecule has 18 nitrogen and oxygen atoms in total. The monoisotopic (exact) mass is 1070 g/mol. The van der Waals surface area contributed by atoms with Crippen LogP contribution in [0, 0.1) is 29.6 Å². The first-order chi connectivity index (χ1) is 34.6. The molecule has 2 aromatic rings. The average molecular weight is 1070 g/mol. The number of aliphatic hydroxyl groups excluding tert-OH is 3. The Morgan fingerprint density at radius 1 is 0.986 bits per heavy atom. The second-order valence-electron chi connectivity index (χ2n) is 23.6. The summed E-state index contributed by atoms with van der Waals surface area (Å²) in [7, 11) is 1.87. The van der Waals surface area contributed by atoms with E-state index in [0.717, 1.165) is 18.4 Å². The summed E-state index contributed by atoms with van der Waals surface area (Å²) in [5, 5.41) is 68.8. The topological polar surface area (TPSA) is 236 Å². The number of methoxy groups -OCH3 is 1. The zero-order valence-corrected chi connectivity index (χ0v) is 47.0. The molecule has 20 heteroatoms. The molecule has 1 aromatic carbocycles. The van der Waals surface area contributed by atoms with Crippen molar-refractivity contribution in [1.82, 2.24) is 24.8 Å². The highest BCUT2D eigenvalue weighted by Gasteiger charge is 2.55. The van der Waals surface area contributed by atoms with E-state index in [1.807, 2.05) is 44.7 Å². The molecule has 422 valence electrons. The van der Waals surface area contributed by atoms with Crippen molar-refractivity contribution in [2.24, 2.45) is 29.6 Å². The Kier molecular flexibility index (Phi) is 20.0. The lowest BCUT2D eigenvalue weighted by Gasteiger charge is -2.51. The molecule has 1 unspecified atom stereocenters. The zero-order chi connectivity index (χ0) is 54.8. The zero-order valence-electron chi connectivity index (χ0n) is 46.2. The highest BCUT2D eigenvalue weighted by atomic mass is 32.2. The Morgan fingerprint density at radius 3 is 2.26 bits per heavy atom. The van der Waals surface area contributed by atoms with Crippen molar-refractivity contribution in [2.75, 3.05) is 46.7 Å². The van der Waals surface area contributed by atoms with Gasteiger partial charge in [0.2, 0.25) is 0 Å². The first kappa shape index (κ1) is 60.5. The van der Waals surface area contributed by atoms with Gasteiger partial charge in [-0.2, -0.15) is 0 Å². The number of ether oxygens (including phenoxy) is 5. The molecule has 1 aliphatic carbocycles. The number of halogens is 1. The van der Waals surface area contributed by atoms with Gasteiger partial charge in [0.25, 0.3) is 0 Å². The van der Waals surface area contributed by atoms with Gasteiger partial charge in [0.05, 0.1) is 63.9 Å². The predicted molar refractivity (Wildman–Crippen MR) is 275 cm³/mol. The Hall–Kier alpha value is -2.73. The van der Waals surface area contributed by atoms with Crippen LogP contribution in [0.2, 0.25) is 0 Å². The van der Waals surface area contributed by atoms with Crippen molar-refractivity contribution in [3.63, 3.8) is 0 Å². The number of hydrogen-bond donors (Lipinski definition) is 5. The van der Waals surface area contributed by atoms with Crippen molar-refractivity contribution in [3.05, 3.63) is 41.7 Å². The van der Waals surface area contributed by atoms with Crippen molar-refractivity contribution < 1.29 is 66.8 Å². The first-order valence-corrected chi connectivity index (χ1v) is 28.6. The number of esters is 1. The molecule has 1 aromatic heterocycles. The fourth-order valence-corrected chi connectivity index (χ4v) is 14.0. The van der Waals surface area contributed by atoms with Gasteiger partial charge in [0.15, 0.2) is 16.1 Å². The fourth-order valence-electron chi connectivity index (χ4n) is 12.3. The van der Waals surface area contributed by atoms with Gasteiger partial charge in [-0.3, -0.25) is 4.79 Å². The van der Waals surface area contributed by atoms with E-state index in [1.165, 1.54) is 18.7 Å². The van der Waals surface area contributed by atoms with Gasteiger partial charge in [-0.1, -0.05) is 45.0 Å². The lowest BCUT2D eigenvalue weighted by molar-refractivity contribution is -0.302. The van der Waals surface area contributed by atoms with Gasteiger partial charge in [0, 0.05) is 57.2 Å². The molecule has 74 heavy (non-hydrogen) atoms. The number of cyclic esters (lactones) is 1. The molecular formula is C54H90FN5O13S. The highest BCUT2D eigenvalue weighted by molar-refractivity contribution is 7.91. The first-order valence-electron chi connectivity index (χ1n) is 27.0.